The fourth-order valence-corrected chi connectivity index (χ4v) is 3.29. The molecule has 9 nitrogen and oxygen atoms in total. The number of anilines is 1. The summed E-state index contributed by atoms with van der Waals surface area (Å²) in [5, 5.41) is 13.6. The maximum Gasteiger partial charge on any atom is 0.256 e. The molecule has 0 saturated carbocycles. The lowest BCUT2D eigenvalue weighted by Crippen LogP contribution is -2.20. The number of carbonyl (C=O) groups is 1. The molecule has 0 aliphatic carbocycles. The molecule has 3 rings (SSSR count). The summed E-state index contributed by atoms with van der Waals surface area (Å²) >= 11 is 0. The number of aryl methyl sites for hydroxylation is 2. The molecule has 28 heavy (non-hydrogen) atoms. The number of rotatable bonds is 5. The van der Waals surface area contributed by atoms with Gasteiger partial charge in [-0.1, -0.05) is 6.07 Å². The monoisotopic (exact) mass is 404 g/mol. The molecule has 0 aliphatic heterocycles. The molecular formula is C17H17FN6O3S. The molecule has 0 atom stereocenters. The average molecular weight is 404 g/mol. The lowest BCUT2D eigenvalue weighted by atomic mass is 10.1. The van der Waals surface area contributed by atoms with Crippen LogP contribution in [-0.2, 0) is 10.0 Å². The van der Waals surface area contributed by atoms with E-state index in [-0.39, 0.29) is 16.1 Å². The van der Waals surface area contributed by atoms with E-state index in [0.717, 1.165) is 0 Å². The van der Waals surface area contributed by atoms with E-state index in [0.29, 0.717) is 17.1 Å². The van der Waals surface area contributed by atoms with E-state index in [1.807, 2.05) is 0 Å². The third kappa shape index (κ3) is 3.75. The zero-order valence-corrected chi connectivity index (χ0v) is 16.1. The summed E-state index contributed by atoms with van der Waals surface area (Å²) in [6.07, 6.45) is 0. The molecule has 1 amide bonds. The second-order valence-electron chi connectivity index (χ2n) is 5.94. The fourth-order valence-electron chi connectivity index (χ4n) is 2.53. The summed E-state index contributed by atoms with van der Waals surface area (Å²) in [7, 11) is -2.45. The first kappa shape index (κ1) is 19.6. The largest absolute Gasteiger partial charge is 0.319 e. The van der Waals surface area contributed by atoms with Gasteiger partial charge in [-0.05, 0) is 67.2 Å². The van der Waals surface area contributed by atoms with Gasteiger partial charge in [0.1, 0.15) is 5.82 Å². The number of hydrogen-bond acceptors (Lipinski definition) is 6. The van der Waals surface area contributed by atoms with E-state index in [9.17, 15) is 17.6 Å². The molecule has 2 N–H and O–H groups in total. The van der Waals surface area contributed by atoms with Gasteiger partial charge in [0.2, 0.25) is 10.0 Å². The number of aromatic nitrogens is 4. The summed E-state index contributed by atoms with van der Waals surface area (Å²) in [6.45, 7) is 3.33. The molecule has 0 unspecified atom stereocenters. The van der Waals surface area contributed by atoms with Crippen LogP contribution in [0.5, 0.6) is 0 Å². The van der Waals surface area contributed by atoms with Crippen molar-refractivity contribution in [3.63, 3.8) is 0 Å². The number of amides is 1. The fraction of sp³-hybridized carbons (Fsp3) is 0.176. The molecule has 1 aromatic heterocycles. The molecular weight excluding hydrogens is 387 g/mol. The van der Waals surface area contributed by atoms with E-state index in [1.165, 1.54) is 48.1 Å². The van der Waals surface area contributed by atoms with Crippen LogP contribution in [0.25, 0.3) is 5.69 Å². The summed E-state index contributed by atoms with van der Waals surface area (Å²) in [4.78, 5) is 12.6. The predicted molar refractivity (Wildman–Crippen MR) is 99.2 cm³/mol. The second-order valence-corrected chi connectivity index (χ2v) is 7.83. The van der Waals surface area contributed by atoms with Crippen LogP contribution < -0.4 is 10.0 Å². The smallest absolute Gasteiger partial charge is 0.256 e. The van der Waals surface area contributed by atoms with Gasteiger partial charge in [-0.3, -0.25) is 4.79 Å². The number of hydrogen-bond donors (Lipinski definition) is 2. The van der Waals surface area contributed by atoms with Crippen LogP contribution in [0.1, 0.15) is 21.7 Å². The van der Waals surface area contributed by atoms with Crippen molar-refractivity contribution < 1.29 is 17.6 Å². The average Bonchev–Trinajstić information content (AvgIpc) is 3.09. The number of nitrogens with one attached hydrogen (secondary N) is 2. The number of sulfonamides is 1. The van der Waals surface area contributed by atoms with Crippen molar-refractivity contribution >= 4 is 21.6 Å². The highest BCUT2D eigenvalue weighted by Crippen LogP contribution is 2.22. The van der Waals surface area contributed by atoms with Gasteiger partial charge >= 0.3 is 0 Å². The Hall–Kier alpha value is -3.18. The lowest BCUT2D eigenvalue weighted by molar-refractivity contribution is 0.102. The SMILES string of the molecule is CNS(=O)(=O)c1ccc(C)c(C(=O)Nc2cc(-n3nnnc3C)ccc2F)c1. The van der Waals surface area contributed by atoms with Gasteiger partial charge in [-0.25, -0.2) is 17.5 Å². The summed E-state index contributed by atoms with van der Waals surface area (Å²) in [6, 6.07) is 8.18. The zero-order valence-electron chi connectivity index (χ0n) is 15.3. The van der Waals surface area contributed by atoms with Gasteiger partial charge in [0.05, 0.1) is 16.3 Å². The van der Waals surface area contributed by atoms with Gasteiger partial charge < -0.3 is 5.32 Å². The molecule has 0 saturated heterocycles. The minimum atomic E-state index is -3.72. The minimum absolute atomic E-state index is 0.0655. The highest BCUT2D eigenvalue weighted by Gasteiger charge is 2.18. The maximum atomic E-state index is 14.2. The van der Waals surface area contributed by atoms with Crippen LogP contribution in [-0.4, -0.2) is 41.6 Å². The molecule has 0 spiro atoms. The normalized spacial score (nSPS) is 11.4. The third-order valence-corrected chi connectivity index (χ3v) is 5.51. The number of carbonyl (C=O) groups excluding carboxylic acids is 1. The summed E-state index contributed by atoms with van der Waals surface area (Å²) in [5.74, 6) is -0.806. The van der Waals surface area contributed by atoms with E-state index in [1.54, 1.807) is 13.8 Å². The number of nitrogens with zero attached hydrogens (tertiary/aromatic N) is 4. The van der Waals surface area contributed by atoms with E-state index >= 15 is 0 Å². The van der Waals surface area contributed by atoms with Crippen LogP contribution in [0.15, 0.2) is 41.3 Å². The Morgan fingerprint density at radius 3 is 2.54 bits per heavy atom. The Bertz CT molecular complexity index is 1160. The van der Waals surface area contributed by atoms with Crippen molar-refractivity contribution in [2.75, 3.05) is 12.4 Å². The zero-order chi connectivity index (χ0) is 20.5. The Morgan fingerprint density at radius 1 is 1.14 bits per heavy atom. The van der Waals surface area contributed by atoms with Gasteiger partial charge in [0.15, 0.2) is 5.82 Å². The Kier molecular flexibility index (Phi) is 5.21. The molecule has 0 radical (unpaired) electrons. The third-order valence-electron chi connectivity index (χ3n) is 4.10. The topological polar surface area (TPSA) is 119 Å². The van der Waals surface area contributed by atoms with Crippen molar-refractivity contribution in [3.05, 3.63) is 59.2 Å². The molecule has 2 aromatic carbocycles. The molecule has 11 heteroatoms. The molecule has 1 heterocycles. The highest BCUT2D eigenvalue weighted by molar-refractivity contribution is 7.89. The Labute approximate surface area is 160 Å². The van der Waals surface area contributed by atoms with E-state index in [2.05, 4.69) is 25.6 Å². The van der Waals surface area contributed by atoms with Crippen molar-refractivity contribution in [2.45, 2.75) is 18.7 Å². The highest BCUT2D eigenvalue weighted by atomic mass is 32.2. The van der Waals surface area contributed by atoms with Gasteiger partial charge in [0, 0.05) is 5.56 Å². The van der Waals surface area contributed by atoms with Crippen LogP contribution >= 0.6 is 0 Å². The van der Waals surface area contributed by atoms with Crippen molar-refractivity contribution in [2.24, 2.45) is 0 Å². The first-order chi connectivity index (χ1) is 13.2. The van der Waals surface area contributed by atoms with Gasteiger partial charge in [-0.15, -0.1) is 5.10 Å². The van der Waals surface area contributed by atoms with E-state index in [4.69, 9.17) is 0 Å². The van der Waals surface area contributed by atoms with Gasteiger partial charge in [0.25, 0.3) is 5.91 Å². The number of halogens is 1. The van der Waals surface area contributed by atoms with Crippen molar-refractivity contribution in [3.8, 4) is 5.69 Å². The standard InChI is InChI=1S/C17H17FN6O3S/c1-10-4-6-13(28(26,27)19-3)9-14(10)17(25)20-16-8-12(5-7-15(16)18)24-11(2)21-22-23-24/h4-9,19H,1-3H3,(H,20,25). The van der Waals surface area contributed by atoms with Crippen LogP contribution in [0.4, 0.5) is 10.1 Å². The van der Waals surface area contributed by atoms with Crippen LogP contribution in [0.3, 0.4) is 0 Å². The van der Waals surface area contributed by atoms with Crippen LogP contribution in [0, 0.1) is 19.7 Å². The quantitative estimate of drug-likeness (QED) is 0.666. The lowest BCUT2D eigenvalue weighted by Gasteiger charge is -2.12. The summed E-state index contributed by atoms with van der Waals surface area (Å²) < 4.78 is 41.8. The second kappa shape index (κ2) is 7.44. The molecule has 0 fully saturated rings. The molecule has 3 aromatic rings. The minimum Gasteiger partial charge on any atom is -0.319 e. The van der Waals surface area contributed by atoms with Crippen LogP contribution in [0.2, 0.25) is 0 Å². The van der Waals surface area contributed by atoms with Gasteiger partial charge in [-0.2, -0.15) is 4.68 Å². The number of benzene rings is 2. The van der Waals surface area contributed by atoms with Crippen molar-refractivity contribution in [1.29, 1.82) is 0 Å². The molecule has 0 aliphatic rings. The first-order valence-electron chi connectivity index (χ1n) is 8.13. The van der Waals surface area contributed by atoms with E-state index < -0.39 is 21.7 Å². The summed E-state index contributed by atoms with van der Waals surface area (Å²) in [5.41, 5.74) is 1.03. The number of tetrazole rings is 1. The first-order valence-corrected chi connectivity index (χ1v) is 9.61. The molecule has 146 valence electrons. The Balaban J connectivity index is 1.96. The van der Waals surface area contributed by atoms with Crippen molar-refractivity contribution in [1.82, 2.24) is 24.9 Å². The Morgan fingerprint density at radius 2 is 1.89 bits per heavy atom. The predicted octanol–water partition coefficient (Wildman–Crippen LogP) is 1.58. The molecule has 0 bridgehead atoms. The maximum absolute atomic E-state index is 14.2.